The van der Waals surface area contributed by atoms with Crippen molar-refractivity contribution in [2.24, 2.45) is 12.0 Å². The van der Waals surface area contributed by atoms with Gasteiger partial charge in [-0.05, 0) is 43.6 Å². The smallest absolute Gasteiger partial charge is 0.193 e. The third kappa shape index (κ3) is 6.81. The molecule has 1 N–H and O–H groups in total. The van der Waals surface area contributed by atoms with E-state index in [4.69, 9.17) is 0 Å². The SMILES string of the molecule is CN=C(NCc1ccc(CN2CCCN(C)CC2)cc1)N(C)Cc1cn(C)nc1C(C)C. The average Bonchev–Trinajstić information content (AvgIpc) is 3.01. The van der Waals surface area contributed by atoms with Crippen molar-refractivity contribution in [2.75, 3.05) is 47.3 Å². The van der Waals surface area contributed by atoms with E-state index in [1.807, 2.05) is 18.8 Å². The van der Waals surface area contributed by atoms with E-state index < -0.39 is 0 Å². The molecule has 32 heavy (non-hydrogen) atoms. The molecule has 1 saturated heterocycles. The Morgan fingerprint density at radius 3 is 2.50 bits per heavy atom. The number of aliphatic imine (C=N–C) groups is 1. The zero-order valence-electron chi connectivity index (χ0n) is 20.8. The summed E-state index contributed by atoms with van der Waals surface area (Å²) in [5.41, 5.74) is 5.05. The number of hydrogen-bond donors (Lipinski definition) is 1. The van der Waals surface area contributed by atoms with Crippen molar-refractivity contribution in [3.05, 3.63) is 52.8 Å². The molecule has 0 saturated carbocycles. The Balaban J connectivity index is 1.52. The zero-order valence-corrected chi connectivity index (χ0v) is 20.8. The number of benzene rings is 1. The van der Waals surface area contributed by atoms with Gasteiger partial charge in [-0.25, -0.2) is 0 Å². The summed E-state index contributed by atoms with van der Waals surface area (Å²) in [6.45, 7) is 11.7. The molecule has 0 aliphatic carbocycles. The monoisotopic (exact) mass is 439 g/mol. The second kappa shape index (κ2) is 11.5. The quantitative estimate of drug-likeness (QED) is 0.531. The molecule has 1 aliphatic heterocycles. The number of hydrogen-bond acceptors (Lipinski definition) is 4. The number of likely N-dealkylation sites (N-methyl/N-ethyl adjacent to an activating group) is 1. The van der Waals surface area contributed by atoms with Crippen molar-refractivity contribution >= 4 is 5.96 Å². The molecule has 2 heterocycles. The Morgan fingerprint density at radius 1 is 1.09 bits per heavy atom. The number of nitrogens with one attached hydrogen (secondary N) is 1. The average molecular weight is 440 g/mol. The lowest BCUT2D eigenvalue weighted by Crippen LogP contribution is -2.38. The maximum atomic E-state index is 4.62. The molecule has 0 unspecified atom stereocenters. The highest BCUT2D eigenvalue weighted by Gasteiger charge is 2.15. The van der Waals surface area contributed by atoms with E-state index >= 15 is 0 Å². The number of rotatable bonds is 7. The van der Waals surface area contributed by atoms with Crippen molar-refractivity contribution in [1.29, 1.82) is 0 Å². The fourth-order valence-corrected chi connectivity index (χ4v) is 4.34. The lowest BCUT2D eigenvalue weighted by Gasteiger charge is -2.23. The van der Waals surface area contributed by atoms with Gasteiger partial charge in [0.25, 0.3) is 0 Å². The van der Waals surface area contributed by atoms with Gasteiger partial charge in [-0.15, -0.1) is 0 Å². The van der Waals surface area contributed by atoms with Crippen LogP contribution in [-0.4, -0.2) is 77.8 Å². The molecular weight excluding hydrogens is 398 g/mol. The Morgan fingerprint density at radius 2 is 1.81 bits per heavy atom. The van der Waals surface area contributed by atoms with Crippen molar-refractivity contribution in [3.8, 4) is 0 Å². The van der Waals surface area contributed by atoms with Crippen molar-refractivity contribution in [3.63, 3.8) is 0 Å². The second-order valence-electron chi connectivity index (χ2n) is 9.37. The zero-order chi connectivity index (χ0) is 23.1. The van der Waals surface area contributed by atoms with E-state index in [9.17, 15) is 0 Å². The molecule has 0 amide bonds. The van der Waals surface area contributed by atoms with E-state index in [0.29, 0.717) is 5.92 Å². The van der Waals surface area contributed by atoms with Gasteiger partial charge in [0.1, 0.15) is 0 Å². The van der Waals surface area contributed by atoms with Gasteiger partial charge in [0.15, 0.2) is 5.96 Å². The van der Waals surface area contributed by atoms with Gasteiger partial charge in [0.2, 0.25) is 0 Å². The van der Waals surface area contributed by atoms with Crippen LogP contribution in [0.3, 0.4) is 0 Å². The van der Waals surface area contributed by atoms with E-state index in [1.54, 1.807) is 0 Å². The topological polar surface area (TPSA) is 51.9 Å². The minimum atomic E-state index is 0.406. The molecule has 0 atom stereocenters. The predicted octanol–water partition coefficient (Wildman–Crippen LogP) is 2.89. The first-order chi connectivity index (χ1) is 15.4. The molecule has 1 aliphatic rings. The lowest BCUT2D eigenvalue weighted by molar-refractivity contribution is 0.269. The summed E-state index contributed by atoms with van der Waals surface area (Å²) in [7, 11) is 8.12. The van der Waals surface area contributed by atoms with Crippen molar-refractivity contribution < 1.29 is 0 Å². The van der Waals surface area contributed by atoms with Crippen LogP contribution in [0, 0.1) is 0 Å². The van der Waals surface area contributed by atoms with Gasteiger partial charge in [-0.2, -0.15) is 5.10 Å². The van der Waals surface area contributed by atoms with Gasteiger partial charge in [0.05, 0.1) is 5.69 Å². The Hall–Kier alpha value is -2.38. The van der Waals surface area contributed by atoms with Gasteiger partial charge in [-0.1, -0.05) is 38.1 Å². The van der Waals surface area contributed by atoms with E-state index in [1.165, 1.54) is 36.2 Å². The number of aryl methyl sites for hydroxylation is 1. The molecule has 1 fully saturated rings. The molecule has 176 valence electrons. The highest BCUT2D eigenvalue weighted by Crippen LogP contribution is 2.18. The molecule has 0 bridgehead atoms. The van der Waals surface area contributed by atoms with Gasteiger partial charge < -0.3 is 15.1 Å². The van der Waals surface area contributed by atoms with Crippen LogP contribution in [0.4, 0.5) is 0 Å². The third-order valence-corrected chi connectivity index (χ3v) is 6.16. The molecule has 1 aromatic carbocycles. The van der Waals surface area contributed by atoms with Crippen LogP contribution >= 0.6 is 0 Å². The van der Waals surface area contributed by atoms with E-state index in [0.717, 1.165) is 44.4 Å². The molecule has 0 radical (unpaired) electrons. The minimum Gasteiger partial charge on any atom is -0.352 e. The second-order valence-corrected chi connectivity index (χ2v) is 9.37. The Bertz CT molecular complexity index is 869. The molecule has 2 aromatic rings. The fourth-order valence-electron chi connectivity index (χ4n) is 4.34. The standard InChI is InChI=1S/C25H41N7/c1-20(2)24-23(19-31(6)28-24)18-30(5)25(26-3)27-16-21-8-10-22(11-9-21)17-32-13-7-12-29(4)14-15-32/h8-11,19-20H,7,12-18H2,1-6H3,(H,26,27). The van der Waals surface area contributed by atoms with Gasteiger partial charge in [-0.3, -0.25) is 14.6 Å². The molecule has 3 rings (SSSR count). The first-order valence-corrected chi connectivity index (χ1v) is 11.8. The van der Waals surface area contributed by atoms with Crippen LogP contribution in [-0.2, 0) is 26.7 Å². The maximum absolute atomic E-state index is 4.62. The van der Waals surface area contributed by atoms with Crippen LogP contribution in [0.25, 0.3) is 0 Å². The normalized spacial score (nSPS) is 16.4. The summed E-state index contributed by atoms with van der Waals surface area (Å²) in [6, 6.07) is 9.00. The summed E-state index contributed by atoms with van der Waals surface area (Å²) < 4.78 is 1.90. The van der Waals surface area contributed by atoms with Gasteiger partial charge >= 0.3 is 0 Å². The third-order valence-electron chi connectivity index (χ3n) is 6.16. The number of guanidine groups is 1. The summed E-state index contributed by atoms with van der Waals surface area (Å²) in [5, 5.41) is 8.13. The van der Waals surface area contributed by atoms with Crippen molar-refractivity contribution in [2.45, 2.75) is 45.8 Å². The predicted molar refractivity (Wildman–Crippen MR) is 133 cm³/mol. The molecular formula is C25H41N7. The van der Waals surface area contributed by atoms with Crippen LogP contribution in [0.1, 0.15) is 48.6 Å². The molecule has 1 aromatic heterocycles. The molecule has 7 heteroatoms. The van der Waals surface area contributed by atoms with Crippen LogP contribution in [0.5, 0.6) is 0 Å². The summed E-state index contributed by atoms with van der Waals surface area (Å²) in [5.74, 6) is 1.30. The summed E-state index contributed by atoms with van der Waals surface area (Å²) in [4.78, 5) is 11.6. The maximum Gasteiger partial charge on any atom is 0.193 e. The number of nitrogens with zero attached hydrogens (tertiary/aromatic N) is 6. The summed E-state index contributed by atoms with van der Waals surface area (Å²) >= 11 is 0. The van der Waals surface area contributed by atoms with Crippen LogP contribution in [0.2, 0.25) is 0 Å². The highest BCUT2D eigenvalue weighted by atomic mass is 15.3. The highest BCUT2D eigenvalue weighted by molar-refractivity contribution is 5.79. The Labute approximate surface area is 194 Å². The minimum absolute atomic E-state index is 0.406. The fraction of sp³-hybridized carbons (Fsp3) is 0.600. The van der Waals surface area contributed by atoms with Crippen LogP contribution in [0.15, 0.2) is 35.5 Å². The Kier molecular flexibility index (Phi) is 8.70. The van der Waals surface area contributed by atoms with Gasteiger partial charge in [0, 0.05) is 65.6 Å². The lowest BCUT2D eigenvalue weighted by atomic mass is 10.1. The number of aromatic nitrogens is 2. The van der Waals surface area contributed by atoms with Crippen molar-refractivity contribution in [1.82, 2.24) is 29.8 Å². The molecule has 7 nitrogen and oxygen atoms in total. The van der Waals surface area contributed by atoms with E-state index in [-0.39, 0.29) is 0 Å². The first-order valence-electron chi connectivity index (χ1n) is 11.8. The summed E-state index contributed by atoms with van der Waals surface area (Å²) in [6.07, 6.45) is 3.36. The largest absolute Gasteiger partial charge is 0.352 e. The van der Waals surface area contributed by atoms with E-state index in [2.05, 4.69) is 88.5 Å². The first kappa shape index (κ1) is 24.3. The molecule has 0 spiro atoms. The van der Waals surface area contributed by atoms with Crippen LogP contribution < -0.4 is 5.32 Å².